The number of carbonyl (C=O) groups is 2. The maximum absolute atomic E-state index is 12.1. The molecule has 0 spiro atoms. The molecule has 26 heavy (non-hydrogen) atoms. The van der Waals surface area contributed by atoms with Crippen LogP contribution in [0.5, 0.6) is 17.2 Å². The molecule has 2 aromatic rings. The summed E-state index contributed by atoms with van der Waals surface area (Å²) in [6.45, 7) is 1.59. The molecule has 2 amide bonds. The van der Waals surface area contributed by atoms with Crippen molar-refractivity contribution < 1.29 is 23.8 Å². The fourth-order valence-corrected chi connectivity index (χ4v) is 2.75. The molecule has 0 aliphatic heterocycles. The van der Waals surface area contributed by atoms with Gasteiger partial charge in [-0.2, -0.15) is 0 Å². The maximum atomic E-state index is 12.1. The second kappa shape index (κ2) is 9.27. The van der Waals surface area contributed by atoms with Gasteiger partial charge in [-0.1, -0.05) is 0 Å². The van der Waals surface area contributed by atoms with Crippen molar-refractivity contribution in [2.45, 2.75) is 13.0 Å². The molecule has 0 aliphatic rings. The SMILES string of the molecule is COc1ccc(OC(C)C(=O)NNC(=O)c2ccc(OC)c(I)c2)cc1. The van der Waals surface area contributed by atoms with Crippen molar-refractivity contribution in [3.8, 4) is 17.2 Å². The molecular formula is C18H19IN2O5. The number of hydrazine groups is 1. The first-order chi connectivity index (χ1) is 12.4. The number of nitrogens with one attached hydrogen (secondary N) is 2. The van der Waals surface area contributed by atoms with Crippen molar-refractivity contribution in [2.24, 2.45) is 0 Å². The van der Waals surface area contributed by atoms with Gasteiger partial charge in [-0.15, -0.1) is 0 Å². The molecule has 0 aliphatic carbocycles. The van der Waals surface area contributed by atoms with Crippen molar-refractivity contribution in [3.05, 3.63) is 51.6 Å². The van der Waals surface area contributed by atoms with E-state index in [9.17, 15) is 9.59 Å². The summed E-state index contributed by atoms with van der Waals surface area (Å²) in [5, 5.41) is 0. The summed E-state index contributed by atoms with van der Waals surface area (Å²) in [4.78, 5) is 24.2. The third kappa shape index (κ3) is 5.25. The smallest absolute Gasteiger partial charge is 0.279 e. The number of methoxy groups -OCH3 is 2. The molecule has 0 heterocycles. The van der Waals surface area contributed by atoms with E-state index in [2.05, 4.69) is 33.4 Å². The van der Waals surface area contributed by atoms with Crippen LogP contribution in [-0.2, 0) is 4.79 Å². The van der Waals surface area contributed by atoms with E-state index >= 15 is 0 Å². The van der Waals surface area contributed by atoms with Crippen LogP contribution in [-0.4, -0.2) is 32.1 Å². The molecule has 2 N–H and O–H groups in total. The summed E-state index contributed by atoms with van der Waals surface area (Å²) in [5.74, 6) is 0.973. The first-order valence-electron chi connectivity index (χ1n) is 7.69. The highest BCUT2D eigenvalue weighted by atomic mass is 127. The van der Waals surface area contributed by atoms with Crippen LogP contribution in [0.3, 0.4) is 0 Å². The molecule has 0 bridgehead atoms. The number of carbonyl (C=O) groups excluding carboxylic acids is 2. The van der Waals surface area contributed by atoms with Crippen LogP contribution < -0.4 is 25.1 Å². The molecule has 0 saturated heterocycles. The Morgan fingerprint density at radius 1 is 0.962 bits per heavy atom. The highest BCUT2D eigenvalue weighted by Crippen LogP contribution is 2.21. The van der Waals surface area contributed by atoms with Gasteiger partial charge in [0.15, 0.2) is 6.10 Å². The second-order valence-corrected chi connectivity index (χ2v) is 6.39. The lowest BCUT2D eigenvalue weighted by Crippen LogP contribution is -2.47. The molecule has 0 radical (unpaired) electrons. The summed E-state index contributed by atoms with van der Waals surface area (Å²) < 4.78 is 16.5. The van der Waals surface area contributed by atoms with Gasteiger partial charge in [-0.05, 0) is 72.0 Å². The first-order valence-corrected chi connectivity index (χ1v) is 8.77. The number of ether oxygens (including phenoxy) is 3. The Morgan fingerprint density at radius 3 is 2.19 bits per heavy atom. The minimum Gasteiger partial charge on any atom is -0.497 e. The predicted octanol–water partition coefficient (Wildman–Crippen LogP) is 2.54. The molecular weight excluding hydrogens is 451 g/mol. The van der Waals surface area contributed by atoms with Crippen LogP contribution >= 0.6 is 22.6 Å². The van der Waals surface area contributed by atoms with Crippen LogP contribution in [0, 0.1) is 3.57 Å². The Labute approximate surface area is 165 Å². The molecule has 2 rings (SSSR count). The average Bonchev–Trinajstić information content (AvgIpc) is 2.66. The van der Waals surface area contributed by atoms with E-state index in [0.29, 0.717) is 22.8 Å². The number of rotatable bonds is 6. The van der Waals surface area contributed by atoms with Crippen LogP contribution in [0.1, 0.15) is 17.3 Å². The molecule has 138 valence electrons. The van der Waals surface area contributed by atoms with Crippen LogP contribution in [0.15, 0.2) is 42.5 Å². The summed E-state index contributed by atoms with van der Waals surface area (Å²) in [5.41, 5.74) is 5.12. The van der Waals surface area contributed by atoms with Gasteiger partial charge >= 0.3 is 0 Å². The van der Waals surface area contributed by atoms with Gasteiger partial charge in [0.2, 0.25) is 0 Å². The third-order valence-corrected chi connectivity index (χ3v) is 4.30. The summed E-state index contributed by atoms with van der Waals surface area (Å²) in [6.07, 6.45) is -0.792. The topological polar surface area (TPSA) is 85.9 Å². The molecule has 0 saturated carbocycles. The van der Waals surface area contributed by atoms with E-state index in [1.165, 1.54) is 0 Å². The van der Waals surface area contributed by atoms with Crippen molar-refractivity contribution >= 4 is 34.4 Å². The monoisotopic (exact) mass is 470 g/mol. The van der Waals surface area contributed by atoms with E-state index in [-0.39, 0.29) is 0 Å². The summed E-state index contributed by atoms with van der Waals surface area (Å²) >= 11 is 2.07. The van der Waals surface area contributed by atoms with Crippen molar-refractivity contribution in [3.63, 3.8) is 0 Å². The van der Waals surface area contributed by atoms with Gasteiger partial charge < -0.3 is 14.2 Å². The fraction of sp³-hybridized carbons (Fsp3) is 0.222. The van der Waals surface area contributed by atoms with E-state index < -0.39 is 17.9 Å². The quantitative estimate of drug-likeness (QED) is 0.501. The zero-order valence-corrected chi connectivity index (χ0v) is 16.7. The van der Waals surface area contributed by atoms with Crippen molar-refractivity contribution in [1.29, 1.82) is 0 Å². The molecule has 2 aromatic carbocycles. The van der Waals surface area contributed by atoms with Crippen molar-refractivity contribution in [2.75, 3.05) is 14.2 Å². The second-order valence-electron chi connectivity index (χ2n) is 5.23. The molecule has 8 heteroatoms. The van der Waals surface area contributed by atoms with E-state index in [0.717, 1.165) is 3.57 Å². The Balaban J connectivity index is 1.88. The predicted molar refractivity (Wildman–Crippen MR) is 104 cm³/mol. The Hall–Kier alpha value is -2.49. The summed E-state index contributed by atoms with van der Waals surface area (Å²) in [6, 6.07) is 11.8. The molecule has 0 fully saturated rings. The molecule has 1 unspecified atom stereocenters. The van der Waals surface area contributed by atoms with E-state index in [1.807, 2.05) is 0 Å². The largest absolute Gasteiger partial charge is 0.497 e. The van der Waals surface area contributed by atoms with Gasteiger partial charge in [0.25, 0.3) is 11.8 Å². The van der Waals surface area contributed by atoms with Gasteiger partial charge in [0.1, 0.15) is 17.2 Å². The number of hydrogen-bond acceptors (Lipinski definition) is 5. The minimum atomic E-state index is -0.792. The highest BCUT2D eigenvalue weighted by molar-refractivity contribution is 14.1. The van der Waals surface area contributed by atoms with Crippen LogP contribution in [0.25, 0.3) is 0 Å². The fourth-order valence-electron chi connectivity index (χ4n) is 2.01. The highest BCUT2D eigenvalue weighted by Gasteiger charge is 2.16. The van der Waals surface area contributed by atoms with Crippen LogP contribution in [0.2, 0.25) is 0 Å². The lowest BCUT2D eigenvalue weighted by Gasteiger charge is -2.15. The van der Waals surface area contributed by atoms with Gasteiger partial charge in [0.05, 0.1) is 17.8 Å². The summed E-state index contributed by atoms with van der Waals surface area (Å²) in [7, 11) is 3.13. The Kier molecular flexibility index (Phi) is 7.07. The number of hydrogen-bond donors (Lipinski definition) is 2. The van der Waals surface area contributed by atoms with Gasteiger partial charge in [0, 0.05) is 5.56 Å². The normalized spacial score (nSPS) is 11.2. The Bertz CT molecular complexity index is 780. The van der Waals surface area contributed by atoms with Crippen LogP contribution in [0.4, 0.5) is 0 Å². The molecule has 7 nitrogen and oxygen atoms in total. The third-order valence-electron chi connectivity index (χ3n) is 3.45. The zero-order chi connectivity index (χ0) is 19.1. The van der Waals surface area contributed by atoms with E-state index in [4.69, 9.17) is 14.2 Å². The first kappa shape index (κ1) is 19.8. The number of amides is 2. The van der Waals surface area contributed by atoms with E-state index in [1.54, 1.807) is 63.6 Å². The number of benzene rings is 2. The lowest BCUT2D eigenvalue weighted by atomic mass is 10.2. The standard InChI is InChI=1S/C18H19IN2O5/c1-11(26-14-7-5-13(24-2)6-8-14)17(22)20-21-18(23)12-4-9-16(25-3)15(19)10-12/h4-11H,1-3H3,(H,20,22)(H,21,23). The molecule has 0 aromatic heterocycles. The van der Waals surface area contributed by atoms with Gasteiger partial charge in [-0.25, -0.2) is 0 Å². The van der Waals surface area contributed by atoms with Gasteiger partial charge in [-0.3, -0.25) is 20.4 Å². The average molecular weight is 470 g/mol. The zero-order valence-electron chi connectivity index (χ0n) is 14.5. The molecule has 1 atom stereocenters. The number of halogens is 1. The Morgan fingerprint density at radius 2 is 1.62 bits per heavy atom. The lowest BCUT2D eigenvalue weighted by molar-refractivity contribution is -0.128. The minimum absolute atomic E-state index is 0.402. The maximum Gasteiger partial charge on any atom is 0.279 e. The van der Waals surface area contributed by atoms with Crippen molar-refractivity contribution in [1.82, 2.24) is 10.9 Å².